The van der Waals surface area contributed by atoms with Crippen molar-refractivity contribution in [1.82, 2.24) is 29.9 Å². The SMILES string of the molecule is COc1ccc(/C=C\c2cc(CO)c(CO)c(OC)c2)cc1Oc1nc(Cl)nc(-n2cc(-c3ccc(C(=C(c4ccccc4)c4ccccc4)c4ccccc4)cc3)nn2)n1. The van der Waals surface area contributed by atoms with Crippen LogP contribution in [0.15, 0.2) is 152 Å². The fourth-order valence-electron chi connectivity index (χ4n) is 6.99. The van der Waals surface area contributed by atoms with Crippen LogP contribution in [0.3, 0.4) is 0 Å². The Morgan fingerprint density at radius 3 is 1.75 bits per heavy atom. The van der Waals surface area contributed by atoms with Crippen molar-refractivity contribution in [2.24, 2.45) is 0 Å². The van der Waals surface area contributed by atoms with E-state index in [1.165, 1.54) is 18.9 Å². The van der Waals surface area contributed by atoms with Crippen LogP contribution in [0.4, 0.5) is 0 Å². The van der Waals surface area contributed by atoms with Gasteiger partial charge in [-0.1, -0.05) is 139 Å². The number of halogens is 1. The third kappa shape index (κ3) is 9.09. The van der Waals surface area contributed by atoms with Crippen molar-refractivity contribution in [1.29, 1.82) is 0 Å². The van der Waals surface area contributed by atoms with Gasteiger partial charge in [0.15, 0.2) is 11.5 Å². The Kier molecular flexibility index (Phi) is 12.3. The summed E-state index contributed by atoms with van der Waals surface area (Å²) < 4.78 is 18.6. The summed E-state index contributed by atoms with van der Waals surface area (Å²) in [5.74, 6) is 1.34. The summed E-state index contributed by atoms with van der Waals surface area (Å²) in [7, 11) is 3.05. The molecular formula is C49H39ClN6O5. The van der Waals surface area contributed by atoms with Crippen LogP contribution in [0.5, 0.6) is 23.3 Å². The molecule has 6 aromatic carbocycles. The number of hydrogen-bond acceptors (Lipinski definition) is 10. The molecule has 8 rings (SSSR count). The average molecular weight is 827 g/mol. The molecule has 8 aromatic rings. The second-order valence-electron chi connectivity index (χ2n) is 13.7. The number of methoxy groups -OCH3 is 2. The lowest BCUT2D eigenvalue weighted by atomic mass is 9.85. The van der Waals surface area contributed by atoms with E-state index >= 15 is 0 Å². The predicted molar refractivity (Wildman–Crippen MR) is 236 cm³/mol. The minimum atomic E-state index is -0.252. The number of aliphatic hydroxyl groups is 2. The fourth-order valence-corrected chi connectivity index (χ4v) is 7.14. The second kappa shape index (κ2) is 18.6. The molecule has 0 unspecified atom stereocenters. The molecule has 11 nitrogen and oxygen atoms in total. The highest BCUT2D eigenvalue weighted by Crippen LogP contribution is 2.38. The highest BCUT2D eigenvalue weighted by atomic mass is 35.5. The molecule has 0 aliphatic rings. The standard InChI is InChI=1S/C49H39ClN6O5/c1-59-42-25-20-32(18-19-33-26-39(30-57)40(31-58)43(28-33)60-2)27-44(42)61-49-52-47(50)51-48(53-49)56-29-41(54-55-56)34-21-23-38(24-22-34)46(37-16-10-5-11-17-37)45(35-12-6-3-7-13-35)36-14-8-4-9-15-36/h3-29,57-58H,30-31H2,1-2H3/b19-18-. The highest BCUT2D eigenvalue weighted by molar-refractivity contribution is 6.28. The first kappa shape index (κ1) is 40.3. The van der Waals surface area contributed by atoms with Gasteiger partial charge in [-0.25, -0.2) is 0 Å². The van der Waals surface area contributed by atoms with E-state index in [2.05, 4.69) is 110 Å². The van der Waals surface area contributed by atoms with Crippen molar-refractivity contribution in [3.8, 4) is 40.5 Å². The van der Waals surface area contributed by atoms with E-state index < -0.39 is 0 Å². The van der Waals surface area contributed by atoms with E-state index in [1.807, 2.05) is 48.6 Å². The summed E-state index contributed by atoms with van der Waals surface area (Å²) in [6, 6.07) is 48.4. The molecule has 0 fully saturated rings. The molecule has 61 heavy (non-hydrogen) atoms. The molecule has 0 atom stereocenters. The van der Waals surface area contributed by atoms with E-state index in [4.69, 9.17) is 25.8 Å². The van der Waals surface area contributed by atoms with Gasteiger partial charge in [0, 0.05) is 11.1 Å². The van der Waals surface area contributed by atoms with Crippen LogP contribution in [0.1, 0.15) is 44.5 Å². The van der Waals surface area contributed by atoms with Crippen LogP contribution >= 0.6 is 11.6 Å². The molecule has 302 valence electrons. The van der Waals surface area contributed by atoms with E-state index in [0.717, 1.165) is 50.1 Å². The van der Waals surface area contributed by atoms with Crippen LogP contribution in [0.25, 0.3) is 40.5 Å². The summed E-state index contributed by atoms with van der Waals surface area (Å²) in [6.07, 6.45) is 5.43. The number of hydrogen-bond donors (Lipinski definition) is 2. The maximum Gasteiger partial charge on any atom is 0.328 e. The molecular weight excluding hydrogens is 788 g/mol. The lowest BCUT2D eigenvalue weighted by molar-refractivity contribution is 0.254. The van der Waals surface area contributed by atoms with Crippen LogP contribution in [0.2, 0.25) is 5.28 Å². The topological polar surface area (TPSA) is 138 Å². The largest absolute Gasteiger partial charge is 0.496 e. The lowest BCUT2D eigenvalue weighted by Crippen LogP contribution is -2.05. The van der Waals surface area contributed by atoms with E-state index in [1.54, 1.807) is 30.5 Å². The van der Waals surface area contributed by atoms with Crippen LogP contribution in [-0.2, 0) is 13.2 Å². The Bertz CT molecular complexity index is 2770. The quantitative estimate of drug-likeness (QED) is 0.102. The molecule has 0 saturated carbocycles. The molecule has 2 aromatic heterocycles. The first-order valence-electron chi connectivity index (χ1n) is 19.3. The van der Waals surface area contributed by atoms with Crippen LogP contribution < -0.4 is 14.2 Å². The first-order valence-corrected chi connectivity index (χ1v) is 19.6. The summed E-state index contributed by atoms with van der Waals surface area (Å²) in [4.78, 5) is 13.0. The zero-order valence-electron chi connectivity index (χ0n) is 33.2. The lowest BCUT2D eigenvalue weighted by Gasteiger charge is -2.18. The van der Waals surface area contributed by atoms with Crippen molar-refractivity contribution >= 4 is 34.9 Å². The molecule has 2 heterocycles. The van der Waals surface area contributed by atoms with Gasteiger partial charge in [-0.3, -0.25) is 0 Å². The van der Waals surface area contributed by atoms with Crippen molar-refractivity contribution in [3.05, 3.63) is 202 Å². The molecule has 0 aliphatic heterocycles. The monoisotopic (exact) mass is 826 g/mol. The van der Waals surface area contributed by atoms with Crippen LogP contribution in [-0.4, -0.2) is 54.4 Å². The highest BCUT2D eigenvalue weighted by Gasteiger charge is 2.18. The molecule has 0 saturated heterocycles. The maximum absolute atomic E-state index is 9.86. The summed E-state index contributed by atoms with van der Waals surface area (Å²) in [5.41, 5.74) is 10.7. The molecule has 12 heteroatoms. The van der Waals surface area contributed by atoms with Gasteiger partial charge < -0.3 is 24.4 Å². The number of aliphatic hydroxyl groups excluding tert-OH is 2. The van der Waals surface area contributed by atoms with Crippen molar-refractivity contribution in [3.63, 3.8) is 0 Å². The molecule has 0 aliphatic carbocycles. The fraction of sp³-hybridized carbons (Fsp3) is 0.0816. The van der Waals surface area contributed by atoms with Gasteiger partial charge >= 0.3 is 6.01 Å². The number of benzene rings is 6. The normalized spacial score (nSPS) is 11.1. The number of aromatic nitrogens is 6. The van der Waals surface area contributed by atoms with Gasteiger partial charge in [0.05, 0.1) is 33.6 Å². The van der Waals surface area contributed by atoms with E-state index in [9.17, 15) is 10.2 Å². The Balaban J connectivity index is 1.07. The van der Waals surface area contributed by atoms with Crippen LogP contribution in [0, 0.1) is 0 Å². The minimum absolute atomic E-state index is 0.0828. The van der Waals surface area contributed by atoms with Crippen molar-refractivity contribution < 1.29 is 24.4 Å². The number of nitrogens with zero attached hydrogens (tertiary/aromatic N) is 6. The van der Waals surface area contributed by atoms with Gasteiger partial charge in [0.2, 0.25) is 5.28 Å². The number of rotatable bonds is 14. The van der Waals surface area contributed by atoms with Gasteiger partial charge in [-0.05, 0) is 86.0 Å². The molecule has 0 radical (unpaired) electrons. The molecule has 0 spiro atoms. The third-order valence-electron chi connectivity index (χ3n) is 9.91. The summed E-state index contributed by atoms with van der Waals surface area (Å²) >= 11 is 6.40. The smallest absolute Gasteiger partial charge is 0.328 e. The Hall–Kier alpha value is -7.44. The maximum atomic E-state index is 9.86. The van der Waals surface area contributed by atoms with Gasteiger partial charge in [0.25, 0.3) is 5.95 Å². The Morgan fingerprint density at radius 2 is 1.18 bits per heavy atom. The first-order chi connectivity index (χ1) is 29.9. The molecule has 0 amide bonds. The summed E-state index contributed by atoms with van der Waals surface area (Å²) in [6.45, 7) is -0.495. The van der Waals surface area contributed by atoms with Gasteiger partial charge in [0.1, 0.15) is 11.4 Å². The van der Waals surface area contributed by atoms with Crippen molar-refractivity contribution in [2.75, 3.05) is 14.2 Å². The predicted octanol–water partition coefficient (Wildman–Crippen LogP) is 9.74. The molecule has 2 N–H and O–H groups in total. The Morgan fingerprint density at radius 1 is 0.607 bits per heavy atom. The van der Waals surface area contributed by atoms with Crippen molar-refractivity contribution in [2.45, 2.75) is 13.2 Å². The summed E-state index contributed by atoms with van der Waals surface area (Å²) in [5, 5.41) is 28.3. The molecule has 0 bridgehead atoms. The van der Waals surface area contributed by atoms with E-state index in [0.29, 0.717) is 34.1 Å². The Labute approximate surface area is 357 Å². The zero-order valence-corrected chi connectivity index (χ0v) is 33.9. The third-order valence-corrected chi connectivity index (χ3v) is 10.1. The van der Waals surface area contributed by atoms with Gasteiger partial charge in [-0.2, -0.15) is 19.6 Å². The second-order valence-corrected chi connectivity index (χ2v) is 14.0. The van der Waals surface area contributed by atoms with Gasteiger partial charge in [-0.15, -0.1) is 5.10 Å². The minimum Gasteiger partial charge on any atom is -0.496 e. The average Bonchev–Trinajstić information content (AvgIpc) is 3.81. The zero-order chi connectivity index (χ0) is 42.1. The number of ether oxygens (including phenoxy) is 3. The van der Waals surface area contributed by atoms with E-state index in [-0.39, 0.29) is 30.5 Å².